The number of benzene rings is 2. The average Bonchev–Trinajstić information content (AvgIpc) is 2.84. The smallest absolute Gasteiger partial charge is 0.279 e. The van der Waals surface area contributed by atoms with Crippen LogP contribution in [0.1, 0.15) is 21.5 Å². The van der Waals surface area contributed by atoms with Crippen molar-refractivity contribution in [1.82, 2.24) is 4.57 Å². The zero-order valence-electron chi connectivity index (χ0n) is 14.6. The number of anilines is 1. The first-order valence-electron chi connectivity index (χ1n) is 7.80. The van der Waals surface area contributed by atoms with E-state index in [2.05, 4.69) is 31.0 Å². The van der Waals surface area contributed by atoms with Crippen molar-refractivity contribution in [3.63, 3.8) is 0 Å². The summed E-state index contributed by atoms with van der Waals surface area (Å²) in [7, 11) is 5.91. The van der Waals surface area contributed by atoms with Crippen molar-refractivity contribution in [2.24, 2.45) is 12.0 Å². The quantitative estimate of drug-likeness (QED) is 0.714. The maximum atomic E-state index is 12.5. The van der Waals surface area contributed by atoms with Gasteiger partial charge in [0.05, 0.1) is 10.2 Å². The Kier molecular flexibility index (Phi) is 4.28. The fourth-order valence-corrected chi connectivity index (χ4v) is 3.79. The molecule has 24 heavy (non-hydrogen) atoms. The summed E-state index contributed by atoms with van der Waals surface area (Å²) < 4.78 is 3.17. The monoisotopic (exact) mass is 339 g/mol. The standard InChI is InChI=1S/C19H21N3OS/c1-12-10-13(2)17-16(11-12)22(5)19(24-17)20-18(23)14-6-8-15(9-7-14)21(3)4/h6-11H,1-5H3. The minimum absolute atomic E-state index is 0.211. The lowest BCUT2D eigenvalue weighted by Gasteiger charge is -2.11. The third-order valence-corrected chi connectivity index (χ3v) is 5.35. The molecule has 0 bridgehead atoms. The van der Waals surface area contributed by atoms with Crippen molar-refractivity contribution >= 4 is 33.1 Å². The highest BCUT2D eigenvalue weighted by atomic mass is 32.1. The van der Waals surface area contributed by atoms with Crippen LogP contribution in [-0.2, 0) is 7.05 Å². The van der Waals surface area contributed by atoms with Crippen LogP contribution in [0.4, 0.5) is 5.69 Å². The van der Waals surface area contributed by atoms with Crippen LogP contribution in [0, 0.1) is 13.8 Å². The molecule has 4 nitrogen and oxygen atoms in total. The summed E-state index contributed by atoms with van der Waals surface area (Å²) in [6.07, 6.45) is 0. The third kappa shape index (κ3) is 2.99. The number of carbonyl (C=O) groups excluding carboxylic acids is 1. The van der Waals surface area contributed by atoms with E-state index in [1.165, 1.54) is 15.8 Å². The van der Waals surface area contributed by atoms with Crippen LogP contribution in [0.15, 0.2) is 41.4 Å². The first-order valence-corrected chi connectivity index (χ1v) is 8.61. The van der Waals surface area contributed by atoms with Crippen molar-refractivity contribution < 1.29 is 4.79 Å². The van der Waals surface area contributed by atoms with Gasteiger partial charge in [-0.2, -0.15) is 4.99 Å². The number of aryl methyl sites for hydroxylation is 3. The van der Waals surface area contributed by atoms with Crippen LogP contribution in [0.3, 0.4) is 0 Å². The second kappa shape index (κ2) is 6.24. The molecular weight excluding hydrogens is 318 g/mol. The topological polar surface area (TPSA) is 37.6 Å². The van der Waals surface area contributed by atoms with Gasteiger partial charge < -0.3 is 9.47 Å². The number of hydrogen-bond acceptors (Lipinski definition) is 3. The van der Waals surface area contributed by atoms with Gasteiger partial charge in [0.25, 0.3) is 5.91 Å². The van der Waals surface area contributed by atoms with Crippen LogP contribution in [0.2, 0.25) is 0 Å². The number of carbonyl (C=O) groups is 1. The SMILES string of the molecule is Cc1cc(C)c2sc(=NC(=O)c3ccc(N(C)C)cc3)n(C)c2c1. The summed E-state index contributed by atoms with van der Waals surface area (Å²) >= 11 is 1.56. The molecule has 2 aromatic carbocycles. The van der Waals surface area contributed by atoms with Gasteiger partial charge in [0.2, 0.25) is 0 Å². The van der Waals surface area contributed by atoms with Crippen LogP contribution >= 0.6 is 11.3 Å². The Morgan fingerprint density at radius 3 is 2.42 bits per heavy atom. The second-order valence-electron chi connectivity index (χ2n) is 6.23. The molecule has 0 aliphatic rings. The summed E-state index contributed by atoms with van der Waals surface area (Å²) in [4.78, 5) is 19.6. The Hall–Kier alpha value is -2.40. The van der Waals surface area contributed by atoms with Gasteiger partial charge in [0.15, 0.2) is 4.80 Å². The fraction of sp³-hybridized carbons (Fsp3) is 0.263. The van der Waals surface area contributed by atoms with E-state index in [1.54, 1.807) is 11.3 Å². The van der Waals surface area contributed by atoms with E-state index < -0.39 is 0 Å². The molecule has 5 heteroatoms. The third-order valence-electron chi connectivity index (χ3n) is 4.07. The molecule has 3 aromatic rings. The van der Waals surface area contributed by atoms with Gasteiger partial charge in [-0.25, -0.2) is 0 Å². The van der Waals surface area contributed by atoms with Gasteiger partial charge >= 0.3 is 0 Å². The Labute approximate surface area is 145 Å². The van der Waals surface area contributed by atoms with Crippen molar-refractivity contribution in [1.29, 1.82) is 0 Å². The zero-order valence-corrected chi connectivity index (χ0v) is 15.4. The van der Waals surface area contributed by atoms with Gasteiger partial charge in [-0.05, 0) is 55.3 Å². The van der Waals surface area contributed by atoms with E-state index in [0.29, 0.717) is 5.56 Å². The van der Waals surface area contributed by atoms with E-state index in [0.717, 1.165) is 16.0 Å². The molecule has 0 saturated heterocycles. The Bertz CT molecular complexity index is 978. The number of thiazole rings is 1. The lowest BCUT2D eigenvalue weighted by molar-refractivity contribution is 0.0998. The minimum atomic E-state index is -0.211. The summed E-state index contributed by atoms with van der Waals surface area (Å²) in [6, 6.07) is 11.8. The van der Waals surface area contributed by atoms with Crippen molar-refractivity contribution in [2.45, 2.75) is 13.8 Å². The fourth-order valence-electron chi connectivity index (χ4n) is 2.73. The van der Waals surface area contributed by atoms with Gasteiger partial charge in [0, 0.05) is 32.4 Å². The molecule has 1 amide bonds. The lowest BCUT2D eigenvalue weighted by atomic mass is 10.1. The Morgan fingerprint density at radius 1 is 1.12 bits per heavy atom. The van der Waals surface area contributed by atoms with E-state index >= 15 is 0 Å². The molecule has 0 N–H and O–H groups in total. The van der Waals surface area contributed by atoms with E-state index in [1.807, 2.05) is 54.9 Å². The molecule has 1 heterocycles. The highest BCUT2D eigenvalue weighted by Gasteiger charge is 2.09. The minimum Gasteiger partial charge on any atom is -0.378 e. The van der Waals surface area contributed by atoms with E-state index in [9.17, 15) is 4.79 Å². The molecular formula is C19H21N3OS. The predicted molar refractivity (Wildman–Crippen MR) is 101 cm³/mol. The molecule has 0 atom stereocenters. The number of rotatable bonds is 2. The van der Waals surface area contributed by atoms with E-state index in [4.69, 9.17) is 0 Å². The molecule has 0 radical (unpaired) electrons. The first-order chi connectivity index (χ1) is 11.4. The molecule has 0 fully saturated rings. The Balaban J connectivity index is 2.04. The summed E-state index contributed by atoms with van der Waals surface area (Å²) in [5, 5.41) is 0. The normalized spacial score (nSPS) is 12.0. The number of nitrogens with zero attached hydrogens (tertiary/aromatic N) is 3. The highest BCUT2D eigenvalue weighted by molar-refractivity contribution is 7.16. The largest absolute Gasteiger partial charge is 0.378 e. The van der Waals surface area contributed by atoms with Crippen LogP contribution < -0.4 is 9.70 Å². The first kappa shape index (κ1) is 16.5. The molecule has 0 unspecified atom stereocenters. The van der Waals surface area contributed by atoms with Crippen molar-refractivity contribution in [3.8, 4) is 0 Å². The molecule has 0 saturated carbocycles. The number of aromatic nitrogens is 1. The van der Waals surface area contributed by atoms with Crippen LogP contribution in [-0.4, -0.2) is 24.6 Å². The second-order valence-corrected chi connectivity index (χ2v) is 7.21. The maximum absolute atomic E-state index is 12.5. The molecule has 0 spiro atoms. The van der Waals surface area contributed by atoms with Gasteiger partial charge in [-0.3, -0.25) is 4.79 Å². The number of hydrogen-bond donors (Lipinski definition) is 0. The van der Waals surface area contributed by atoms with Gasteiger partial charge in [-0.1, -0.05) is 17.4 Å². The average molecular weight is 339 g/mol. The van der Waals surface area contributed by atoms with Gasteiger partial charge in [-0.15, -0.1) is 0 Å². The van der Waals surface area contributed by atoms with E-state index in [-0.39, 0.29) is 5.91 Å². The number of fused-ring (bicyclic) bond motifs is 1. The Morgan fingerprint density at radius 2 is 1.79 bits per heavy atom. The molecule has 1 aromatic heterocycles. The van der Waals surface area contributed by atoms with Gasteiger partial charge in [0.1, 0.15) is 0 Å². The summed E-state index contributed by atoms with van der Waals surface area (Å²) in [6.45, 7) is 4.18. The highest BCUT2D eigenvalue weighted by Crippen LogP contribution is 2.22. The predicted octanol–water partition coefficient (Wildman–Crippen LogP) is 3.66. The zero-order chi connectivity index (χ0) is 17.4. The number of amides is 1. The molecule has 3 rings (SSSR count). The molecule has 0 aliphatic carbocycles. The summed E-state index contributed by atoms with van der Waals surface area (Å²) in [5.41, 5.74) is 5.21. The van der Waals surface area contributed by atoms with Crippen molar-refractivity contribution in [3.05, 3.63) is 57.9 Å². The van der Waals surface area contributed by atoms with Crippen molar-refractivity contribution in [2.75, 3.05) is 19.0 Å². The molecule has 124 valence electrons. The molecule has 0 aliphatic heterocycles. The van der Waals surface area contributed by atoms with Crippen LogP contribution in [0.25, 0.3) is 10.2 Å². The lowest BCUT2D eigenvalue weighted by Crippen LogP contribution is -2.13. The van der Waals surface area contributed by atoms with Crippen LogP contribution in [0.5, 0.6) is 0 Å². The summed E-state index contributed by atoms with van der Waals surface area (Å²) in [5.74, 6) is -0.211. The maximum Gasteiger partial charge on any atom is 0.279 e.